The number of morpholine rings is 1. The van der Waals surface area contributed by atoms with Crippen molar-refractivity contribution in [2.24, 2.45) is 0 Å². The summed E-state index contributed by atoms with van der Waals surface area (Å²) in [5.41, 5.74) is 6.09. The number of nitrogens with zero attached hydrogens (tertiary/aromatic N) is 1. The minimum atomic E-state index is -0.443. The molecule has 0 radical (unpaired) electrons. The van der Waals surface area contributed by atoms with Gasteiger partial charge in [-0.1, -0.05) is 0 Å². The van der Waals surface area contributed by atoms with E-state index in [2.05, 4.69) is 15.5 Å². The monoisotopic (exact) mass is 266 g/mol. The summed E-state index contributed by atoms with van der Waals surface area (Å²) >= 11 is 0. The number of aromatic amines is 1. The summed E-state index contributed by atoms with van der Waals surface area (Å²) in [4.78, 5) is 0. The van der Waals surface area contributed by atoms with Gasteiger partial charge < -0.3 is 20.5 Å². The molecule has 1 aliphatic heterocycles. The van der Waals surface area contributed by atoms with Crippen LogP contribution in [0.15, 0.2) is 12.1 Å². The third-order valence-electron chi connectivity index (χ3n) is 3.06. The van der Waals surface area contributed by atoms with Crippen molar-refractivity contribution >= 4 is 16.7 Å². The number of nitrogens with two attached hydrogens (primary N) is 1. The second kappa shape index (κ2) is 5.02. The Morgan fingerprint density at radius 1 is 1.53 bits per heavy atom. The molecule has 1 unspecified atom stereocenters. The zero-order valence-corrected chi connectivity index (χ0v) is 10.3. The number of rotatable bonds is 3. The molecule has 4 N–H and O–H groups in total. The number of nitrogen functional groups attached to an aromatic ring is 1. The predicted molar refractivity (Wildman–Crippen MR) is 68.6 cm³/mol. The molecule has 102 valence electrons. The number of hydrogen-bond acceptors (Lipinski definition) is 5. The lowest BCUT2D eigenvalue weighted by Gasteiger charge is -2.23. The van der Waals surface area contributed by atoms with Crippen molar-refractivity contribution in [1.82, 2.24) is 15.5 Å². The van der Waals surface area contributed by atoms with Gasteiger partial charge >= 0.3 is 0 Å². The summed E-state index contributed by atoms with van der Waals surface area (Å²) in [6.45, 7) is 2.63. The van der Waals surface area contributed by atoms with Crippen LogP contribution in [0.25, 0.3) is 10.9 Å². The minimum absolute atomic E-state index is 0.0145. The topological polar surface area (TPSA) is 85.2 Å². The average molecular weight is 266 g/mol. The molecule has 2 aromatic rings. The van der Waals surface area contributed by atoms with E-state index in [9.17, 15) is 4.39 Å². The van der Waals surface area contributed by atoms with Gasteiger partial charge in [-0.25, -0.2) is 4.39 Å². The normalized spacial score (nSPS) is 19.7. The highest BCUT2D eigenvalue weighted by Gasteiger charge is 2.15. The van der Waals surface area contributed by atoms with E-state index in [1.807, 2.05) is 0 Å². The third kappa shape index (κ3) is 2.47. The standard InChI is InChI=1S/C12H15FN4O2/c13-9-3-7(4-10-11(9)12(14)17-16-10)19-6-8-5-15-1-2-18-8/h3-4,8,15H,1-2,5-6H2,(H3,14,16,17). The van der Waals surface area contributed by atoms with E-state index in [0.717, 1.165) is 13.1 Å². The maximum absolute atomic E-state index is 13.8. The van der Waals surface area contributed by atoms with Crippen molar-refractivity contribution in [3.8, 4) is 5.75 Å². The Balaban J connectivity index is 1.74. The molecule has 1 aromatic heterocycles. The highest BCUT2D eigenvalue weighted by molar-refractivity contribution is 5.90. The number of benzene rings is 1. The Morgan fingerprint density at radius 2 is 2.42 bits per heavy atom. The predicted octanol–water partition coefficient (Wildman–Crippen LogP) is 0.651. The first kappa shape index (κ1) is 12.2. The molecule has 3 rings (SSSR count). The Kier molecular flexibility index (Phi) is 3.22. The van der Waals surface area contributed by atoms with Crippen LogP contribution in [0.5, 0.6) is 5.75 Å². The number of aromatic nitrogens is 2. The minimum Gasteiger partial charge on any atom is -0.491 e. The van der Waals surface area contributed by atoms with Gasteiger partial charge in [0.1, 0.15) is 24.3 Å². The molecule has 0 bridgehead atoms. The molecule has 0 amide bonds. The third-order valence-corrected chi connectivity index (χ3v) is 3.06. The van der Waals surface area contributed by atoms with Crippen molar-refractivity contribution in [3.63, 3.8) is 0 Å². The molecular weight excluding hydrogens is 251 g/mol. The molecule has 1 fully saturated rings. The van der Waals surface area contributed by atoms with Crippen LogP contribution in [0, 0.1) is 5.82 Å². The molecule has 19 heavy (non-hydrogen) atoms. The average Bonchev–Trinajstić information content (AvgIpc) is 2.80. The lowest BCUT2D eigenvalue weighted by atomic mass is 10.2. The smallest absolute Gasteiger partial charge is 0.156 e. The zero-order chi connectivity index (χ0) is 13.2. The number of hydrogen-bond donors (Lipinski definition) is 3. The first-order valence-electron chi connectivity index (χ1n) is 6.12. The van der Waals surface area contributed by atoms with Gasteiger partial charge in [0, 0.05) is 25.2 Å². The van der Waals surface area contributed by atoms with Gasteiger partial charge in [0.15, 0.2) is 5.82 Å². The molecule has 0 aliphatic carbocycles. The van der Waals surface area contributed by atoms with Crippen molar-refractivity contribution < 1.29 is 13.9 Å². The van der Waals surface area contributed by atoms with Crippen molar-refractivity contribution in [2.75, 3.05) is 32.0 Å². The van der Waals surface area contributed by atoms with Crippen molar-refractivity contribution in [2.45, 2.75) is 6.10 Å². The van der Waals surface area contributed by atoms with Crippen molar-refractivity contribution in [1.29, 1.82) is 0 Å². The quantitative estimate of drug-likeness (QED) is 0.759. The van der Waals surface area contributed by atoms with Crippen LogP contribution >= 0.6 is 0 Å². The van der Waals surface area contributed by atoms with E-state index < -0.39 is 5.82 Å². The summed E-state index contributed by atoms with van der Waals surface area (Å²) in [5, 5.41) is 9.94. The molecule has 1 aliphatic rings. The highest BCUT2D eigenvalue weighted by atomic mass is 19.1. The van der Waals surface area contributed by atoms with E-state index in [0.29, 0.717) is 29.9 Å². The van der Waals surface area contributed by atoms with Gasteiger partial charge in [-0.2, -0.15) is 5.10 Å². The van der Waals surface area contributed by atoms with Crippen LogP contribution in [-0.2, 0) is 4.74 Å². The molecule has 2 heterocycles. The van der Waals surface area contributed by atoms with Gasteiger partial charge in [-0.15, -0.1) is 0 Å². The summed E-state index contributed by atoms with van der Waals surface area (Å²) < 4.78 is 24.9. The summed E-state index contributed by atoms with van der Waals surface area (Å²) in [7, 11) is 0. The summed E-state index contributed by atoms with van der Waals surface area (Å²) in [5.74, 6) is 0.142. The first-order valence-corrected chi connectivity index (χ1v) is 6.12. The molecule has 1 saturated heterocycles. The summed E-state index contributed by atoms with van der Waals surface area (Å²) in [6.07, 6.45) is -0.0145. The van der Waals surface area contributed by atoms with Crippen molar-refractivity contribution in [3.05, 3.63) is 17.9 Å². The fourth-order valence-corrected chi connectivity index (χ4v) is 2.11. The Hall–Kier alpha value is -1.86. The fourth-order valence-electron chi connectivity index (χ4n) is 2.11. The number of fused-ring (bicyclic) bond motifs is 1. The SMILES string of the molecule is Nc1n[nH]c2cc(OCC3CNCCO3)cc(F)c12. The van der Waals surface area contributed by atoms with E-state index >= 15 is 0 Å². The zero-order valence-electron chi connectivity index (χ0n) is 10.3. The van der Waals surface area contributed by atoms with Gasteiger partial charge in [-0.3, -0.25) is 5.10 Å². The molecule has 1 aromatic carbocycles. The summed E-state index contributed by atoms with van der Waals surface area (Å²) in [6, 6.07) is 2.99. The maximum Gasteiger partial charge on any atom is 0.156 e. The van der Waals surface area contributed by atoms with Crippen LogP contribution in [0.2, 0.25) is 0 Å². The molecule has 0 saturated carbocycles. The van der Waals surface area contributed by atoms with Crippen LogP contribution in [0.4, 0.5) is 10.2 Å². The number of halogens is 1. The van der Waals surface area contributed by atoms with Gasteiger partial charge in [0.25, 0.3) is 0 Å². The van der Waals surface area contributed by atoms with Crippen LogP contribution in [0.1, 0.15) is 0 Å². The van der Waals surface area contributed by atoms with Crippen LogP contribution < -0.4 is 15.8 Å². The largest absolute Gasteiger partial charge is 0.491 e. The van der Waals surface area contributed by atoms with Gasteiger partial charge in [0.05, 0.1) is 17.5 Å². The van der Waals surface area contributed by atoms with Crippen LogP contribution in [-0.4, -0.2) is 42.6 Å². The van der Waals surface area contributed by atoms with E-state index in [-0.39, 0.29) is 11.9 Å². The molecule has 1 atom stereocenters. The molecule has 0 spiro atoms. The van der Waals surface area contributed by atoms with Crippen LogP contribution in [0.3, 0.4) is 0 Å². The number of ether oxygens (including phenoxy) is 2. The molecule has 7 heteroatoms. The Labute approximate surface area is 109 Å². The first-order chi connectivity index (χ1) is 9.24. The number of anilines is 1. The van der Waals surface area contributed by atoms with Gasteiger partial charge in [0.2, 0.25) is 0 Å². The Morgan fingerprint density at radius 3 is 3.21 bits per heavy atom. The second-order valence-corrected chi connectivity index (χ2v) is 4.44. The Bertz CT molecular complexity index is 580. The van der Waals surface area contributed by atoms with Gasteiger partial charge in [-0.05, 0) is 0 Å². The number of nitrogens with one attached hydrogen (secondary N) is 2. The highest BCUT2D eigenvalue weighted by Crippen LogP contribution is 2.26. The fraction of sp³-hybridized carbons (Fsp3) is 0.417. The molecular formula is C12H15FN4O2. The number of H-pyrrole nitrogens is 1. The lowest BCUT2D eigenvalue weighted by molar-refractivity contribution is 0.000167. The second-order valence-electron chi connectivity index (χ2n) is 4.44. The maximum atomic E-state index is 13.8. The lowest BCUT2D eigenvalue weighted by Crippen LogP contribution is -2.41. The molecule has 6 nitrogen and oxygen atoms in total. The van der Waals surface area contributed by atoms with E-state index in [1.54, 1.807) is 6.07 Å². The van der Waals surface area contributed by atoms with E-state index in [1.165, 1.54) is 6.07 Å². The van der Waals surface area contributed by atoms with E-state index in [4.69, 9.17) is 15.2 Å².